The molecule has 1 N–H and O–H groups in total. The number of nitrogens with zero attached hydrogens (tertiary/aromatic N) is 1. The van der Waals surface area contributed by atoms with E-state index >= 15 is 0 Å². The lowest BCUT2D eigenvalue weighted by Crippen LogP contribution is -2.58. The van der Waals surface area contributed by atoms with Crippen LogP contribution in [-0.4, -0.2) is 69.2 Å². The van der Waals surface area contributed by atoms with Crippen LogP contribution < -0.4 is 5.32 Å². The molecule has 6 nitrogen and oxygen atoms in total. The molecular formula is C18H34N2O4. The Kier molecular flexibility index (Phi) is 7.47. The highest BCUT2D eigenvalue weighted by atomic mass is 16.7. The summed E-state index contributed by atoms with van der Waals surface area (Å²) < 4.78 is 16.7. The average molecular weight is 342 g/mol. The predicted octanol–water partition coefficient (Wildman–Crippen LogP) is 1.93. The summed E-state index contributed by atoms with van der Waals surface area (Å²) in [6, 6.07) is 0. The fourth-order valence-electron chi connectivity index (χ4n) is 3.75. The lowest BCUT2D eigenvalue weighted by atomic mass is 9.77. The maximum Gasteiger partial charge on any atom is 0.222 e. The van der Waals surface area contributed by atoms with Crippen LogP contribution in [0.15, 0.2) is 0 Å². The summed E-state index contributed by atoms with van der Waals surface area (Å²) in [6.45, 7) is 5.82. The van der Waals surface area contributed by atoms with Crippen LogP contribution in [0, 0.1) is 0 Å². The number of amides is 1. The Bertz CT molecular complexity index is 386. The highest BCUT2D eigenvalue weighted by Crippen LogP contribution is 2.42. The van der Waals surface area contributed by atoms with Gasteiger partial charge in [-0.05, 0) is 32.9 Å². The Morgan fingerprint density at radius 3 is 2.46 bits per heavy atom. The number of likely N-dealkylation sites (N-methyl/N-ethyl adjacent to an activating group) is 1. The van der Waals surface area contributed by atoms with Crippen LogP contribution in [0.25, 0.3) is 0 Å². The van der Waals surface area contributed by atoms with Gasteiger partial charge in [-0.25, -0.2) is 0 Å². The molecule has 0 aromatic heterocycles. The van der Waals surface area contributed by atoms with Gasteiger partial charge in [0.2, 0.25) is 5.91 Å². The summed E-state index contributed by atoms with van der Waals surface area (Å²) >= 11 is 0. The van der Waals surface area contributed by atoms with Crippen LogP contribution in [0.4, 0.5) is 0 Å². The molecule has 1 amide bonds. The van der Waals surface area contributed by atoms with Crippen LogP contribution in [0.5, 0.6) is 0 Å². The zero-order valence-corrected chi connectivity index (χ0v) is 15.6. The van der Waals surface area contributed by atoms with Gasteiger partial charge in [0.25, 0.3) is 0 Å². The Morgan fingerprint density at radius 2 is 1.88 bits per heavy atom. The number of carbonyl (C=O) groups is 1. The average Bonchev–Trinajstić information content (AvgIpc) is 3.06. The lowest BCUT2D eigenvalue weighted by molar-refractivity contribution is -0.193. The molecule has 2 rings (SSSR count). The highest BCUT2D eigenvalue weighted by molar-refractivity contribution is 5.76. The minimum Gasteiger partial charge on any atom is -0.384 e. The second-order valence-corrected chi connectivity index (χ2v) is 7.13. The number of rotatable bonds is 9. The molecule has 0 aromatic rings. The topological polar surface area (TPSA) is 60.0 Å². The van der Waals surface area contributed by atoms with Crippen LogP contribution in [-0.2, 0) is 19.0 Å². The van der Waals surface area contributed by atoms with Gasteiger partial charge < -0.3 is 19.5 Å². The van der Waals surface area contributed by atoms with E-state index in [-0.39, 0.29) is 17.2 Å². The van der Waals surface area contributed by atoms with Crippen molar-refractivity contribution in [2.45, 2.75) is 63.2 Å². The molecule has 0 radical (unpaired) electrons. The molecule has 0 bridgehead atoms. The zero-order chi connectivity index (χ0) is 17.5. The largest absolute Gasteiger partial charge is 0.384 e. The van der Waals surface area contributed by atoms with E-state index in [1.165, 1.54) is 12.8 Å². The van der Waals surface area contributed by atoms with Gasteiger partial charge in [0, 0.05) is 38.5 Å². The van der Waals surface area contributed by atoms with Gasteiger partial charge in [0.15, 0.2) is 5.79 Å². The number of hydrogen-bond donors (Lipinski definition) is 1. The summed E-state index contributed by atoms with van der Waals surface area (Å²) in [5.41, 5.74) is -0.00153. The third kappa shape index (κ3) is 4.91. The van der Waals surface area contributed by atoms with Crippen molar-refractivity contribution < 1.29 is 19.0 Å². The number of nitrogens with one attached hydrogen (secondary N) is 1. The molecule has 1 spiro atoms. The molecular weight excluding hydrogens is 308 g/mol. The fraction of sp³-hybridized carbons (Fsp3) is 0.944. The first-order chi connectivity index (χ1) is 11.6. The first kappa shape index (κ1) is 19.6. The number of carbonyl (C=O) groups excluding carboxylic acids is 1. The minimum atomic E-state index is -0.366. The summed E-state index contributed by atoms with van der Waals surface area (Å²) in [5, 5.41) is 3.12. The molecule has 0 unspecified atom stereocenters. The van der Waals surface area contributed by atoms with Crippen molar-refractivity contribution >= 4 is 5.91 Å². The summed E-state index contributed by atoms with van der Waals surface area (Å²) in [6.07, 6.45) is 6.54. The third-order valence-electron chi connectivity index (χ3n) is 5.56. The molecule has 1 saturated carbocycles. The normalized spacial score (nSPS) is 22.2. The Morgan fingerprint density at radius 1 is 1.21 bits per heavy atom. The van der Waals surface area contributed by atoms with Crippen molar-refractivity contribution in [1.29, 1.82) is 0 Å². The molecule has 1 heterocycles. The van der Waals surface area contributed by atoms with Crippen molar-refractivity contribution in [1.82, 2.24) is 10.2 Å². The van der Waals surface area contributed by atoms with Crippen molar-refractivity contribution in [2.75, 3.05) is 47.1 Å². The lowest BCUT2D eigenvalue weighted by Gasteiger charge is -2.49. The summed E-state index contributed by atoms with van der Waals surface area (Å²) in [7, 11) is 3.81. The van der Waals surface area contributed by atoms with E-state index in [4.69, 9.17) is 14.2 Å². The van der Waals surface area contributed by atoms with Crippen molar-refractivity contribution in [2.24, 2.45) is 0 Å². The first-order valence-corrected chi connectivity index (χ1v) is 9.31. The van der Waals surface area contributed by atoms with Crippen LogP contribution in [0.1, 0.15) is 51.9 Å². The number of unbranched alkanes of at least 4 members (excludes halogenated alkanes) is 1. The fourth-order valence-corrected chi connectivity index (χ4v) is 3.75. The van der Waals surface area contributed by atoms with Crippen LogP contribution >= 0.6 is 0 Å². The second-order valence-electron chi connectivity index (χ2n) is 7.13. The van der Waals surface area contributed by atoms with E-state index in [1.807, 2.05) is 0 Å². The zero-order valence-electron chi connectivity index (χ0n) is 15.6. The van der Waals surface area contributed by atoms with E-state index in [0.29, 0.717) is 32.8 Å². The van der Waals surface area contributed by atoms with Crippen molar-refractivity contribution in [3.8, 4) is 0 Å². The smallest absolute Gasteiger partial charge is 0.222 e. The van der Waals surface area contributed by atoms with E-state index in [0.717, 1.165) is 32.2 Å². The molecule has 1 aliphatic heterocycles. The van der Waals surface area contributed by atoms with Crippen LogP contribution in [0.3, 0.4) is 0 Å². The quantitative estimate of drug-likeness (QED) is 0.694. The molecule has 6 heteroatoms. The molecule has 2 aliphatic rings. The number of ether oxygens (including phenoxy) is 3. The Labute approximate surface area is 146 Å². The number of hydrogen-bond acceptors (Lipinski definition) is 5. The maximum absolute atomic E-state index is 12.0. The van der Waals surface area contributed by atoms with E-state index in [1.54, 1.807) is 7.11 Å². The van der Waals surface area contributed by atoms with E-state index in [2.05, 4.69) is 24.2 Å². The molecule has 2 fully saturated rings. The van der Waals surface area contributed by atoms with Crippen molar-refractivity contribution in [3.05, 3.63) is 0 Å². The number of methoxy groups -OCH3 is 1. The molecule has 140 valence electrons. The Balaban J connectivity index is 1.95. The summed E-state index contributed by atoms with van der Waals surface area (Å²) in [4.78, 5) is 14.5. The van der Waals surface area contributed by atoms with Crippen LogP contribution in [0.2, 0.25) is 0 Å². The van der Waals surface area contributed by atoms with Gasteiger partial charge in [-0.2, -0.15) is 0 Å². The SMILES string of the molecule is CCCCN(C)C1(CNC(=O)CCOC)CCC2(CC1)OCCO2. The van der Waals surface area contributed by atoms with Gasteiger partial charge in [-0.1, -0.05) is 13.3 Å². The van der Waals surface area contributed by atoms with Gasteiger partial charge >= 0.3 is 0 Å². The minimum absolute atomic E-state index is 0.00153. The van der Waals surface area contributed by atoms with Crippen molar-refractivity contribution in [3.63, 3.8) is 0 Å². The molecule has 24 heavy (non-hydrogen) atoms. The van der Waals surface area contributed by atoms with Gasteiger partial charge in [-0.3, -0.25) is 9.69 Å². The highest BCUT2D eigenvalue weighted by Gasteiger charge is 2.47. The van der Waals surface area contributed by atoms with Gasteiger partial charge in [0.05, 0.1) is 19.8 Å². The molecule has 0 aromatic carbocycles. The Hall–Kier alpha value is -0.690. The first-order valence-electron chi connectivity index (χ1n) is 9.31. The molecule has 1 aliphatic carbocycles. The van der Waals surface area contributed by atoms with Gasteiger partial charge in [0.1, 0.15) is 0 Å². The van der Waals surface area contributed by atoms with E-state index in [9.17, 15) is 4.79 Å². The van der Waals surface area contributed by atoms with Gasteiger partial charge in [-0.15, -0.1) is 0 Å². The summed E-state index contributed by atoms with van der Waals surface area (Å²) in [5.74, 6) is -0.302. The monoisotopic (exact) mass is 342 g/mol. The maximum atomic E-state index is 12.0. The molecule has 1 saturated heterocycles. The third-order valence-corrected chi connectivity index (χ3v) is 5.56. The van der Waals surface area contributed by atoms with E-state index < -0.39 is 0 Å². The molecule has 0 atom stereocenters. The second kappa shape index (κ2) is 9.13. The predicted molar refractivity (Wildman–Crippen MR) is 92.9 cm³/mol. The standard InChI is InChI=1S/C18H34N2O4/c1-4-5-11-20(2)17(15-19-16(21)6-12-22-3)7-9-18(10-8-17)23-13-14-24-18/h4-15H2,1-3H3,(H,19,21).